The normalized spacial score (nSPS) is 10.9. The largest absolute Gasteiger partial charge is 0.382 e. The predicted octanol–water partition coefficient (Wildman–Crippen LogP) is 2.50. The maximum absolute atomic E-state index is 13.3. The van der Waals surface area contributed by atoms with Gasteiger partial charge in [-0.2, -0.15) is 0 Å². The molecule has 0 spiro atoms. The van der Waals surface area contributed by atoms with E-state index in [-0.39, 0.29) is 12.1 Å². The van der Waals surface area contributed by atoms with Crippen LogP contribution in [-0.2, 0) is 16.0 Å². The summed E-state index contributed by atoms with van der Waals surface area (Å²) < 4.78 is 36.7. The Balaban J connectivity index is 2.05. The molecule has 0 radical (unpaired) electrons. The molecule has 0 aliphatic heterocycles. The van der Waals surface area contributed by atoms with Gasteiger partial charge in [0.2, 0.25) is 0 Å². The standard InChI is InChI=1S/C14H21F2NO2/c1-18-9-10-19-8-3-2-7-17-11-12-13(15)5-4-6-14(12)16/h4-6,17H,2-3,7-11H2,1H3. The summed E-state index contributed by atoms with van der Waals surface area (Å²) in [6.45, 7) is 2.80. The number of benzene rings is 1. The Hall–Kier alpha value is -1.04. The van der Waals surface area contributed by atoms with Crippen LogP contribution in [0.1, 0.15) is 18.4 Å². The summed E-state index contributed by atoms with van der Waals surface area (Å²) >= 11 is 0. The summed E-state index contributed by atoms with van der Waals surface area (Å²) in [7, 11) is 1.63. The van der Waals surface area contributed by atoms with Crippen molar-refractivity contribution in [3.63, 3.8) is 0 Å². The zero-order valence-corrected chi connectivity index (χ0v) is 11.3. The van der Waals surface area contributed by atoms with Crippen LogP contribution < -0.4 is 5.32 Å². The molecule has 0 aliphatic rings. The molecule has 0 saturated heterocycles. The molecule has 0 amide bonds. The maximum atomic E-state index is 13.3. The summed E-state index contributed by atoms with van der Waals surface area (Å²) in [5.74, 6) is -1.01. The summed E-state index contributed by atoms with van der Waals surface area (Å²) in [4.78, 5) is 0. The van der Waals surface area contributed by atoms with Gasteiger partial charge in [0.25, 0.3) is 0 Å². The van der Waals surface area contributed by atoms with Gasteiger partial charge in [0.05, 0.1) is 13.2 Å². The molecule has 108 valence electrons. The van der Waals surface area contributed by atoms with E-state index in [2.05, 4.69) is 5.32 Å². The van der Waals surface area contributed by atoms with Crippen molar-refractivity contribution >= 4 is 0 Å². The summed E-state index contributed by atoms with van der Waals surface area (Å²) in [5, 5.41) is 3.03. The molecule has 0 aliphatic carbocycles. The van der Waals surface area contributed by atoms with Crippen molar-refractivity contribution in [1.82, 2.24) is 5.32 Å². The lowest BCUT2D eigenvalue weighted by Crippen LogP contribution is -2.17. The summed E-state index contributed by atoms with van der Waals surface area (Å²) in [6, 6.07) is 3.90. The lowest BCUT2D eigenvalue weighted by Gasteiger charge is -2.07. The smallest absolute Gasteiger partial charge is 0.130 e. The van der Waals surface area contributed by atoms with E-state index in [9.17, 15) is 8.78 Å². The highest BCUT2D eigenvalue weighted by Gasteiger charge is 2.06. The Morgan fingerprint density at radius 2 is 1.79 bits per heavy atom. The van der Waals surface area contributed by atoms with Crippen LogP contribution in [0.3, 0.4) is 0 Å². The average Bonchev–Trinajstić information content (AvgIpc) is 2.40. The van der Waals surface area contributed by atoms with Crippen molar-refractivity contribution in [2.45, 2.75) is 19.4 Å². The molecule has 0 heterocycles. The van der Waals surface area contributed by atoms with Crippen LogP contribution in [0.5, 0.6) is 0 Å². The van der Waals surface area contributed by atoms with Crippen molar-refractivity contribution < 1.29 is 18.3 Å². The van der Waals surface area contributed by atoms with Gasteiger partial charge in [-0.3, -0.25) is 0 Å². The van der Waals surface area contributed by atoms with Gasteiger partial charge in [-0.25, -0.2) is 8.78 Å². The van der Waals surface area contributed by atoms with Gasteiger partial charge in [0, 0.05) is 25.8 Å². The van der Waals surface area contributed by atoms with E-state index in [1.807, 2.05) is 0 Å². The number of rotatable bonds is 10. The first-order valence-corrected chi connectivity index (χ1v) is 6.46. The third kappa shape index (κ3) is 6.61. The first kappa shape index (κ1) is 16.0. The molecule has 1 aromatic rings. The minimum Gasteiger partial charge on any atom is -0.382 e. The fraction of sp³-hybridized carbons (Fsp3) is 0.571. The second-order valence-electron chi connectivity index (χ2n) is 4.19. The molecule has 0 saturated carbocycles. The monoisotopic (exact) mass is 273 g/mol. The SMILES string of the molecule is COCCOCCCCNCc1c(F)cccc1F. The molecular weight excluding hydrogens is 252 g/mol. The highest BCUT2D eigenvalue weighted by molar-refractivity contribution is 5.19. The minimum absolute atomic E-state index is 0.0962. The third-order valence-electron chi connectivity index (χ3n) is 2.69. The first-order valence-electron chi connectivity index (χ1n) is 6.46. The van der Waals surface area contributed by atoms with Crippen LogP contribution in [0, 0.1) is 11.6 Å². The fourth-order valence-electron chi connectivity index (χ4n) is 1.61. The van der Waals surface area contributed by atoms with Crippen LogP contribution in [0.15, 0.2) is 18.2 Å². The third-order valence-corrected chi connectivity index (χ3v) is 2.69. The molecular formula is C14H21F2NO2. The predicted molar refractivity (Wildman–Crippen MR) is 70.0 cm³/mol. The van der Waals surface area contributed by atoms with Crippen molar-refractivity contribution in [2.24, 2.45) is 0 Å². The van der Waals surface area contributed by atoms with Gasteiger partial charge >= 0.3 is 0 Å². The van der Waals surface area contributed by atoms with Gasteiger partial charge in [0.1, 0.15) is 11.6 Å². The van der Waals surface area contributed by atoms with E-state index in [1.165, 1.54) is 18.2 Å². The van der Waals surface area contributed by atoms with Crippen LogP contribution in [0.4, 0.5) is 8.78 Å². The molecule has 0 bridgehead atoms. The number of hydrogen-bond acceptors (Lipinski definition) is 3. The molecule has 5 heteroatoms. The molecule has 0 fully saturated rings. The van der Waals surface area contributed by atoms with Crippen molar-refractivity contribution in [1.29, 1.82) is 0 Å². The topological polar surface area (TPSA) is 30.5 Å². The Morgan fingerprint density at radius 3 is 2.47 bits per heavy atom. The average molecular weight is 273 g/mol. The Labute approximate surface area is 112 Å². The lowest BCUT2D eigenvalue weighted by molar-refractivity contribution is 0.0688. The first-order chi connectivity index (χ1) is 9.25. The number of hydrogen-bond donors (Lipinski definition) is 1. The van der Waals surface area contributed by atoms with Gasteiger partial charge < -0.3 is 14.8 Å². The lowest BCUT2D eigenvalue weighted by atomic mass is 10.2. The van der Waals surface area contributed by atoms with Crippen molar-refractivity contribution in [3.8, 4) is 0 Å². The zero-order chi connectivity index (χ0) is 13.9. The van der Waals surface area contributed by atoms with Crippen LogP contribution in [-0.4, -0.2) is 33.5 Å². The second kappa shape index (κ2) is 9.83. The highest BCUT2D eigenvalue weighted by atomic mass is 19.1. The number of unbranched alkanes of at least 4 members (excludes halogenated alkanes) is 1. The fourth-order valence-corrected chi connectivity index (χ4v) is 1.61. The number of ether oxygens (including phenoxy) is 2. The second-order valence-corrected chi connectivity index (χ2v) is 4.19. The van der Waals surface area contributed by atoms with E-state index in [1.54, 1.807) is 7.11 Å². The van der Waals surface area contributed by atoms with E-state index >= 15 is 0 Å². The summed E-state index contributed by atoms with van der Waals surface area (Å²) in [6.07, 6.45) is 1.82. The molecule has 0 unspecified atom stereocenters. The molecule has 1 N–H and O–H groups in total. The molecule has 19 heavy (non-hydrogen) atoms. The zero-order valence-electron chi connectivity index (χ0n) is 11.3. The summed E-state index contributed by atoms with van der Waals surface area (Å²) in [5.41, 5.74) is 0.0962. The van der Waals surface area contributed by atoms with Gasteiger partial charge in [-0.15, -0.1) is 0 Å². The van der Waals surface area contributed by atoms with E-state index in [0.29, 0.717) is 26.4 Å². The molecule has 1 aromatic carbocycles. The minimum atomic E-state index is -0.504. The van der Waals surface area contributed by atoms with E-state index in [4.69, 9.17) is 9.47 Å². The van der Waals surface area contributed by atoms with Gasteiger partial charge in [-0.1, -0.05) is 6.07 Å². The van der Waals surface area contributed by atoms with Crippen molar-refractivity contribution in [2.75, 3.05) is 33.5 Å². The highest BCUT2D eigenvalue weighted by Crippen LogP contribution is 2.11. The molecule has 3 nitrogen and oxygen atoms in total. The van der Waals surface area contributed by atoms with Crippen LogP contribution >= 0.6 is 0 Å². The van der Waals surface area contributed by atoms with Gasteiger partial charge in [-0.05, 0) is 31.5 Å². The van der Waals surface area contributed by atoms with E-state index < -0.39 is 11.6 Å². The Bertz CT molecular complexity index is 341. The van der Waals surface area contributed by atoms with E-state index in [0.717, 1.165) is 12.8 Å². The molecule has 1 rings (SSSR count). The molecule has 0 aromatic heterocycles. The van der Waals surface area contributed by atoms with Crippen molar-refractivity contribution in [3.05, 3.63) is 35.4 Å². The molecule has 0 atom stereocenters. The Morgan fingerprint density at radius 1 is 1.05 bits per heavy atom. The number of halogens is 2. The quantitative estimate of drug-likeness (QED) is 0.664. The Kier molecular flexibility index (Phi) is 8.29. The number of methoxy groups -OCH3 is 1. The van der Waals surface area contributed by atoms with Crippen LogP contribution in [0.2, 0.25) is 0 Å². The number of nitrogens with one attached hydrogen (secondary N) is 1. The van der Waals surface area contributed by atoms with Crippen LogP contribution in [0.25, 0.3) is 0 Å². The van der Waals surface area contributed by atoms with Gasteiger partial charge in [0.15, 0.2) is 0 Å². The maximum Gasteiger partial charge on any atom is 0.130 e.